The molecule has 1 heteroatoms. The Morgan fingerprint density at radius 3 is 2.82 bits per heavy atom. The van der Waals surface area contributed by atoms with Gasteiger partial charge < -0.3 is 5.11 Å². The first-order valence-corrected chi connectivity index (χ1v) is 4.36. The normalized spacial score (nSPS) is 30.9. The minimum absolute atomic E-state index is 0.0811. The van der Waals surface area contributed by atoms with Crippen LogP contribution in [0.4, 0.5) is 0 Å². The third-order valence-corrected chi connectivity index (χ3v) is 2.69. The van der Waals surface area contributed by atoms with E-state index in [0.717, 1.165) is 19.3 Å². The second-order valence-electron chi connectivity index (χ2n) is 4.30. The molecule has 0 saturated carbocycles. The summed E-state index contributed by atoms with van der Waals surface area (Å²) in [6, 6.07) is 0. The van der Waals surface area contributed by atoms with Gasteiger partial charge in [-0.3, -0.25) is 0 Å². The smallest absolute Gasteiger partial charge is 0.0597 e. The van der Waals surface area contributed by atoms with Gasteiger partial charge in [0.1, 0.15) is 0 Å². The first kappa shape index (κ1) is 8.79. The van der Waals surface area contributed by atoms with Crippen molar-refractivity contribution in [1.82, 2.24) is 0 Å². The molecule has 1 atom stereocenters. The molecule has 0 aromatic heterocycles. The highest BCUT2D eigenvalue weighted by atomic mass is 16.3. The number of allylic oxidation sites excluding steroid dienone is 2. The molecule has 0 heterocycles. The molecule has 0 unspecified atom stereocenters. The van der Waals surface area contributed by atoms with E-state index in [0.29, 0.717) is 0 Å². The number of hydrogen-bond acceptors (Lipinski definition) is 1. The van der Waals surface area contributed by atoms with Crippen molar-refractivity contribution in [2.24, 2.45) is 5.41 Å². The van der Waals surface area contributed by atoms with Gasteiger partial charge in [-0.15, -0.1) is 0 Å². The summed E-state index contributed by atoms with van der Waals surface area (Å²) in [5, 5.41) is 9.70. The van der Waals surface area contributed by atoms with Gasteiger partial charge in [-0.2, -0.15) is 0 Å². The lowest BCUT2D eigenvalue weighted by Gasteiger charge is -2.27. The Morgan fingerprint density at radius 2 is 2.18 bits per heavy atom. The maximum absolute atomic E-state index is 9.70. The third kappa shape index (κ3) is 2.06. The second kappa shape index (κ2) is 2.98. The Kier molecular flexibility index (Phi) is 2.38. The Labute approximate surface area is 69.1 Å². The van der Waals surface area contributed by atoms with Gasteiger partial charge in [0, 0.05) is 0 Å². The zero-order valence-electron chi connectivity index (χ0n) is 7.72. The lowest BCUT2D eigenvalue weighted by Crippen LogP contribution is -2.27. The van der Waals surface area contributed by atoms with Crippen LogP contribution in [0.25, 0.3) is 0 Å². The standard InChI is InChI=1S/C10H18O/c1-8-4-5-9(11)10(2,3)7-6-8/h6,9,11H,4-5,7H2,1-3H3/t9-/m0/s1. The van der Waals surface area contributed by atoms with Crippen LogP contribution in [0, 0.1) is 5.41 Å². The van der Waals surface area contributed by atoms with Gasteiger partial charge >= 0.3 is 0 Å². The van der Waals surface area contributed by atoms with Crippen molar-refractivity contribution in [2.75, 3.05) is 0 Å². The molecule has 11 heavy (non-hydrogen) atoms. The van der Waals surface area contributed by atoms with E-state index in [-0.39, 0.29) is 11.5 Å². The van der Waals surface area contributed by atoms with Crippen LogP contribution in [0.3, 0.4) is 0 Å². The molecular weight excluding hydrogens is 136 g/mol. The molecule has 0 aromatic rings. The molecule has 0 amide bonds. The van der Waals surface area contributed by atoms with Crippen molar-refractivity contribution < 1.29 is 5.11 Å². The fourth-order valence-corrected chi connectivity index (χ4v) is 1.43. The molecule has 0 saturated heterocycles. The molecule has 0 fully saturated rings. The van der Waals surface area contributed by atoms with Crippen molar-refractivity contribution >= 4 is 0 Å². The van der Waals surface area contributed by atoms with Gasteiger partial charge in [0.05, 0.1) is 6.10 Å². The van der Waals surface area contributed by atoms with Crippen LogP contribution in [0.2, 0.25) is 0 Å². The van der Waals surface area contributed by atoms with Crippen molar-refractivity contribution in [3.8, 4) is 0 Å². The fourth-order valence-electron chi connectivity index (χ4n) is 1.43. The first-order valence-electron chi connectivity index (χ1n) is 4.36. The topological polar surface area (TPSA) is 20.2 Å². The van der Waals surface area contributed by atoms with E-state index in [4.69, 9.17) is 0 Å². The average molecular weight is 154 g/mol. The van der Waals surface area contributed by atoms with Crippen LogP contribution >= 0.6 is 0 Å². The number of aliphatic hydroxyl groups is 1. The van der Waals surface area contributed by atoms with Crippen LogP contribution in [-0.2, 0) is 0 Å². The maximum atomic E-state index is 9.70. The van der Waals surface area contributed by atoms with E-state index in [1.807, 2.05) is 0 Å². The monoisotopic (exact) mass is 154 g/mol. The Morgan fingerprint density at radius 1 is 1.55 bits per heavy atom. The highest BCUT2D eigenvalue weighted by molar-refractivity contribution is 5.04. The average Bonchev–Trinajstić information content (AvgIpc) is 2.03. The van der Waals surface area contributed by atoms with Crippen molar-refractivity contribution in [1.29, 1.82) is 0 Å². The third-order valence-electron chi connectivity index (χ3n) is 2.69. The molecule has 0 spiro atoms. The first-order chi connectivity index (χ1) is 5.02. The maximum Gasteiger partial charge on any atom is 0.0597 e. The highest BCUT2D eigenvalue weighted by Gasteiger charge is 2.27. The van der Waals surface area contributed by atoms with Crippen LogP contribution in [0.15, 0.2) is 11.6 Å². The molecule has 1 N–H and O–H groups in total. The molecular formula is C10H18O. The summed E-state index contributed by atoms with van der Waals surface area (Å²) in [6.07, 6.45) is 5.13. The molecule has 1 rings (SSSR count). The zero-order chi connectivity index (χ0) is 8.48. The predicted octanol–water partition coefficient (Wildman–Crippen LogP) is 2.50. The van der Waals surface area contributed by atoms with E-state index in [9.17, 15) is 5.11 Å². The summed E-state index contributed by atoms with van der Waals surface area (Å²) in [5.41, 5.74) is 1.51. The molecule has 0 bridgehead atoms. The van der Waals surface area contributed by atoms with Gasteiger partial charge in [-0.05, 0) is 31.6 Å². The lowest BCUT2D eigenvalue weighted by atomic mass is 9.83. The van der Waals surface area contributed by atoms with Gasteiger partial charge in [0.2, 0.25) is 0 Å². The van der Waals surface area contributed by atoms with E-state index in [1.54, 1.807) is 0 Å². The molecule has 1 nitrogen and oxygen atoms in total. The van der Waals surface area contributed by atoms with E-state index in [1.165, 1.54) is 5.57 Å². The Bertz CT molecular complexity index is 168. The van der Waals surface area contributed by atoms with Gasteiger partial charge in [-0.1, -0.05) is 25.5 Å². The van der Waals surface area contributed by atoms with E-state index < -0.39 is 0 Å². The molecule has 0 aliphatic heterocycles. The summed E-state index contributed by atoms with van der Waals surface area (Å²) >= 11 is 0. The second-order valence-corrected chi connectivity index (χ2v) is 4.30. The van der Waals surface area contributed by atoms with E-state index in [2.05, 4.69) is 26.8 Å². The molecule has 0 aromatic carbocycles. The number of hydrogen-bond donors (Lipinski definition) is 1. The van der Waals surface area contributed by atoms with Crippen LogP contribution < -0.4 is 0 Å². The van der Waals surface area contributed by atoms with Gasteiger partial charge in [0.15, 0.2) is 0 Å². The van der Waals surface area contributed by atoms with Gasteiger partial charge in [-0.25, -0.2) is 0 Å². The summed E-state index contributed by atoms with van der Waals surface area (Å²) < 4.78 is 0. The minimum Gasteiger partial charge on any atom is -0.393 e. The molecule has 1 aliphatic rings. The summed E-state index contributed by atoms with van der Waals surface area (Å²) in [5.74, 6) is 0. The van der Waals surface area contributed by atoms with Gasteiger partial charge in [0.25, 0.3) is 0 Å². The molecule has 1 aliphatic carbocycles. The Hall–Kier alpha value is -0.300. The lowest BCUT2D eigenvalue weighted by molar-refractivity contribution is 0.0485. The SMILES string of the molecule is CC1=CCC(C)(C)[C@@H](O)CC1. The van der Waals surface area contributed by atoms with Crippen molar-refractivity contribution in [3.05, 3.63) is 11.6 Å². The predicted molar refractivity (Wildman–Crippen MR) is 47.4 cm³/mol. The largest absolute Gasteiger partial charge is 0.393 e. The summed E-state index contributed by atoms with van der Waals surface area (Å²) in [7, 11) is 0. The fraction of sp³-hybridized carbons (Fsp3) is 0.800. The minimum atomic E-state index is -0.129. The van der Waals surface area contributed by atoms with Crippen LogP contribution in [-0.4, -0.2) is 11.2 Å². The van der Waals surface area contributed by atoms with E-state index >= 15 is 0 Å². The summed E-state index contributed by atoms with van der Waals surface area (Å²) in [4.78, 5) is 0. The highest BCUT2D eigenvalue weighted by Crippen LogP contribution is 2.32. The van der Waals surface area contributed by atoms with Crippen LogP contribution in [0.1, 0.15) is 40.0 Å². The van der Waals surface area contributed by atoms with Crippen LogP contribution in [0.5, 0.6) is 0 Å². The molecule has 64 valence electrons. The quantitative estimate of drug-likeness (QED) is 0.531. The Balaban J connectivity index is 2.69. The number of rotatable bonds is 0. The van der Waals surface area contributed by atoms with Crippen molar-refractivity contribution in [2.45, 2.75) is 46.1 Å². The molecule has 0 radical (unpaired) electrons. The zero-order valence-corrected chi connectivity index (χ0v) is 7.72. The van der Waals surface area contributed by atoms with Crippen molar-refractivity contribution in [3.63, 3.8) is 0 Å². The summed E-state index contributed by atoms with van der Waals surface area (Å²) in [6.45, 7) is 6.41. The number of aliphatic hydroxyl groups excluding tert-OH is 1.